The fourth-order valence-electron chi connectivity index (χ4n) is 6.46. The highest BCUT2D eigenvalue weighted by atomic mass is 32.2. The molecular formula is C41H44N3O6S2-. The summed E-state index contributed by atoms with van der Waals surface area (Å²) in [5, 5.41) is 3.43. The van der Waals surface area contributed by atoms with Gasteiger partial charge in [0, 0.05) is 48.7 Å². The van der Waals surface area contributed by atoms with E-state index in [-0.39, 0.29) is 9.79 Å². The number of rotatable bonds is 13. The highest BCUT2D eigenvalue weighted by Gasteiger charge is 2.19. The molecule has 0 radical (unpaired) electrons. The summed E-state index contributed by atoms with van der Waals surface area (Å²) in [6.07, 6.45) is 8.32. The predicted molar refractivity (Wildman–Crippen MR) is 206 cm³/mol. The first-order chi connectivity index (χ1) is 24.7. The van der Waals surface area contributed by atoms with Crippen molar-refractivity contribution in [1.29, 1.82) is 0 Å². The van der Waals surface area contributed by atoms with Crippen LogP contribution in [-0.4, -0.2) is 55.9 Å². The van der Waals surface area contributed by atoms with E-state index in [0.717, 1.165) is 68.2 Å². The van der Waals surface area contributed by atoms with Gasteiger partial charge in [-0.15, -0.1) is 0 Å². The first-order valence-electron chi connectivity index (χ1n) is 17.2. The molecule has 0 heterocycles. The fraction of sp³-hybridized carbons (Fsp3) is 0.244. The Morgan fingerprint density at radius 1 is 0.731 bits per heavy atom. The summed E-state index contributed by atoms with van der Waals surface area (Å²) in [6, 6.07) is 25.1. The zero-order chi connectivity index (χ0) is 37.6. The Hall–Kier alpha value is -4.81. The van der Waals surface area contributed by atoms with Crippen LogP contribution < -0.4 is 10.2 Å². The average Bonchev–Trinajstić information content (AvgIpc) is 3.11. The minimum atomic E-state index is -4.55. The van der Waals surface area contributed by atoms with Crippen LogP contribution in [0.2, 0.25) is 0 Å². The summed E-state index contributed by atoms with van der Waals surface area (Å²) < 4.78 is 71.9. The van der Waals surface area contributed by atoms with Crippen molar-refractivity contribution in [1.82, 2.24) is 0 Å². The van der Waals surface area contributed by atoms with Crippen LogP contribution in [0.4, 0.5) is 11.4 Å². The van der Waals surface area contributed by atoms with Crippen molar-refractivity contribution in [3.8, 4) is 0 Å². The van der Waals surface area contributed by atoms with Crippen LogP contribution in [0.25, 0.3) is 5.57 Å². The summed E-state index contributed by atoms with van der Waals surface area (Å²) in [5.74, 6) is 0. The summed E-state index contributed by atoms with van der Waals surface area (Å²) in [6.45, 7) is 13.3. The quantitative estimate of drug-likeness (QED) is 0.113. The number of nitrogens with one attached hydrogen (secondary N) is 1. The second kappa shape index (κ2) is 16.2. The molecule has 0 atom stereocenters. The number of aryl methyl sites for hydroxylation is 2. The van der Waals surface area contributed by atoms with Crippen LogP contribution in [0, 0.1) is 13.8 Å². The number of hydrogen-bond donors (Lipinski definition) is 1. The fourth-order valence-corrected chi connectivity index (χ4v) is 7.54. The van der Waals surface area contributed by atoms with E-state index < -0.39 is 20.2 Å². The maximum atomic E-state index is 11.6. The number of nitrogens with zero attached hydrogens (tertiary/aromatic N) is 2. The molecule has 272 valence electrons. The van der Waals surface area contributed by atoms with Gasteiger partial charge in [-0.3, -0.25) is 0 Å². The molecule has 0 aromatic heterocycles. The molecule has 1 aliphatic rings. The predicted octanol–water partition coefficient (Wildman–Crippen LogP) is 7.17. The lowest BCUT2D eigenvalue weighted by Crippen LogP contribution is -2.22. The van der Waals surface area contributed by atoms with Crippen LogP contribution in [0.15, 0.2) is 125 Å². The van der Waals surface area contributed by atoms with Gasteiger partial charge < -0.3 is 19.3 Å². The second-order valence-corrected chi connectivity index (χ2v) is 15.5. The van der Waals surface area contributed by atoms with Crippen molar-refractivity contribution in [2.45, 2.75) is 57.5 Å². The van der Waals surface area contributed by atoms with Gasteiger partial charge in [0.2, 0.25) is 0 Å². The van der Waals surface area contributed by atoms with Crippen molar-refractivity contribution in [2.75, 3.05) is 29.9 Å². The summed E-state index contributed by atoms with van der Waals surface area (Å²) in [4.78, 5) is 1.66. The lowest BCUT2D eigenvalue weighted by atomic mass is 9.87. The molecule has 0 amide bonds. The van der Waals surface area contributed by atoms with Gasteiger partial charge in [0.25, 0.3) is 0 Å². The number of anilines is 2. The van der Waals surface area contributed by atoms with E-state index >= 15 is 0 Å². The van der Waals surface area contributed by atoms with Gasteiger partial charge in [-0.2, -0.15) is 0 Å². The SMILES string of the molecule is CCNc1ccc(C(=C2C=CC(=[N+](CC)Cc3cccc(S(=O)(=O)[O-])c3)C=C2)c2ccc(N(CC)Cc3cccc(S(=O)(=O)[O-])c3)cc2C)cc1C. The third kappa shape index (κ3) is 9.15. The lowest BCUT2D eigenvalue weighted by Gasteiger charge is -2.25. The molecule has 0 unspecified atom stereocenters. The van der Waals surface area contributed by atoms with E-state index in [1.165, 1.54) is 24.3 Å². The van der Waals surface area contributed by atoms with Gasteiger partial charge >= 0.3 is 0 Å². The minimum absolute atomic E-state index is 0.237. The Kier molecular flexibility index (Phi) is 12.0. The number of allylic oxidation sites excluding steroid dienone is 5. The van der Waals surface area contributed by atoms with E-state index in [4.69, 9.17) is 0 Å². The minimum Gasteiger partial charge on any atom is -0.744 e. The van der Waals surface area contributed by atoms with Crippen molar-refractivity contribution < 1.29 is 30.5 Å². The largest absolute Gasteiger partial charge is 0.744 e. The molecule has 1 aliphatic carbocycles. The smallest absolute Gasteiger partial charge is 0.200 e. The van der Waals surface area contributed by atoms with Crippen molar-refractivity contribution in [3.05, 3.63) is 148 Å². The second-order valence-electron chi connectivity index (χ2n) is 12.7. The summed E-state index contributed by atoms with van der Waals surface area (Å²) >= 11 is 0. The zero-order valence-electron chi connectivity index (χ0n) is 30.1. The first-order valence-corrected chi connectivity index (χ1v) is 20.1. The molecule has 0 bridgehead atoms. The van der Waals surface area contributed by atoms with E-state index in [9.17, 15) is 25.9 Å². The molecule has 1 N–H and O–H groups in total. The third-order valence-electron chi connectivity index (χ3n) is 9.13. The Morgan fingerprint density at radius 3 is 1.92 bits per heavy atom. The van der Waals surface area contributed by atoms with E-state index in [1.807, 2.05) is 26.0 Å². The van der Waals surface area contributed by atoms with Crippen molar-refractivity contribution >= 4 is 42.9 Å². The van der Waals surface area contributed by atoms with Crippen molar-refractivity contribution in [3.63, 3.8) is 0 Å². The topological polar surface area (TPSA) is 133 Å². The van der Waals surface area contributed by atoms with Crippen LogP contribution in [0.3, 0.4) is 0 Å². The van der Waals surface area contributed by atoms with Gasteiger partial charge in [-0.05, 0) is 134 Å². The van der Waals surface area contributed by atoms with Gasteiger partial charge in [0.15, 0.2) is 12.3 Å². The Bertz CT molecular complexity index is 2310. The van der Waals surface area contributed by atoms with Crippen LogP contribution in [-0.2, 0) is 33.3 Å². The summed E-state index contributed by atoms with van der Waals surface area (Å²) in [7, 11) is -9.11. The molecule has 5 rings (SSSR count). The van der Waals surface area contributed by atoms with Gasteiger partial charge in [-0.25, -0.2) is 21.4 Å². The summed E-state index contributed by atoms with van der Waals surface area (Å²) in [5.41, 5.74) is 10.9. The molecule has 0 saturated heterocycles. The van der Waals surface area contributed by atoms with E-state index in [1.54, 1.807) is 12.1 Å². The molecule has 9 nitrogen and oxygen atoms in total. The molecule has 0 spiro atoms. The maximum absolute atomic E-state index is 11.6. The van der Waals surface area contributed by atoms with E-state index in [0.29, 0.717) is 26.2 Å². The molecule has 0 fully saturated rings. The lowest BCUT2D eigenvalue weighted by molar-refractivity contribution is -0.539. The van der Waals surface area contributed by atoms with Gasteiger partial charge in [0.1, 0.15) is 26.8 Å². The molecule has 4 aromatic rings. The Labute approximate surface area is 307 Å². The first kappa shape index (κ1) is 38.4. The van der Waals surface area contributed by atoms with Gasteiger partial charge in [-0.1, -0.05) is 36.4 Å². The van der Waals surface area contributed by atoms with Crippen LogP contribution in [0.1, 0.15) is 54.2 Å². The highest BCUT2D eigenvalue weighted by Crippen LogP contribution is 2.35. The molecule has 0 saturated carbocycles. The zero-order valence-corrected chi connectivity index (χ0v) is 31.7. The average molecular weight is 739 g/mol. The van der Waals surface area contributed by atoms with E-state index in [2.05, 4.69) is 96.3 Å². The Balaban J connectivity index is 1.54. The normalized spacial score (nSPS) is 13.0. The Morgan fingerprint density at radius 2 is 1.37 bits per heavy atom. The number of benzene rings is 4. The van der Waals surface area contributed by atoms with Gasteiger partial charge in [0.05, 0.1) is 9.79 Å². The standard InChI is InChI=1S/C41H45N3O6S2/c1-6-42-40-22-17-34(23-30(40)5)41(33-15-18-35(19-16-33)43(7-2)27-31-11-9-13-37(25-31)51(45,46)47)39-21-20-36(24-29(39)4)44(8-3)28-32-12-10-14-38(26-32)52(48,49)50/h9-26H,6-8,27-28H2,1-5H3,(H2,45,46,47,48,49,50)/p-1. The molecule has 11 heteroatoms. The molecule has 4 aromatic carbocycles. The third-order valence-corrected chi connectivity index (χ3v) is 10.8. The maximum Gasteiger partial charge on any atom is 0.200 e. The van der Waals surface area contributed by atoms with Crippen LogP contribution in [0.5, 0.6) is 0 Å². The monoisotopic (exact) mass is 738 g/mol. The highest BCUT2D eigenvalue weighted by molar-refractivity contribution is 7.86. The molecule has 0 aliphatic heterocycles. The van der Waals surface area contributed by atoms with Crippen LogP contribution >= 0.6 is 0 Å². The number of hydrogen-bond acceptors (Lipinski definition) is 8. The molecule has 52 heavy (non-hydrogen) atoms. The van der Waals surface area contributed by atoms with Crippen molar-refractivity contribution in [2.24, 2.45) is 0 Å². The molecular weight excluding hydrogens is 695 g/mol.